The minimum absolute atomic E-state index is 0.567. The Hall–Kier alpha value is -2.09. The van der Waals surface area contributed by atoms with Gasteiger partial charge < -0.3 is 4.40 Å². The van der Waals surface area contributed by atoms with Crippen molar-refractivity contribution in [2.75, 3.05) is 0 Å². The number of pyridine rings is 1. The van der Waals surface area contributed by atoms with E-state index in [9.17, 15) is 0 Å². The molecule has 0 N–H and O–H groups in total. The van der Waals surface area contributed by atoms with E-state index in [-0.39, 0.29) is 0 Å². The standard InChI is InChI=1S/C17H18N2/c1-12(2)14-4-6-15(7-5-14)16-11-19-9-8-13(3)10-17(19)18-16/h4-12H,1-3H3. The van der Waals surface area contributed by atoms with Gasteiger partial charge >= 0.3 is 0 Å². The lowest BCUT2D eigenvalue weighted by atomic mass is 10.0. The molecule has 0 atom stereocenters. The van der Waals surface area contributed by atoms with Crippen LogP contribution in [0.2, 0.25) is 0 Å². The van der Waals surface area contributed by atoms with Crippen molar-refractivity contribution in [1.29, 1.82) is 0 Å². The first-order valence-corrected chi connectivity index (χ1v) is 6.69. The van der Waals surface area contributed by atoms with E-state index < -0.39 is 0 Å². The van der Waals surface area contributed by atoms with Crippen LogP contribution < -0.4 is 0 Å². The summed E-state index contributed by atoms with van der Waals surface area (Å²) in [6.07, 6.45) is 4.14. The molecule has 0 radical (unpaired) electrons. The van der Waals surface area contributed by atoms with E-state index in [1.54, 1.807) is 0 Å². The molecule has 0 spiro atoms. The SMILES string of the molecule is Cc1ccn2cc(-c3ccc(C(C)C)cc3)nc2c1. The van der Waals surface area contributed by atoms with Crippen LogP contribution in [0.1, 0.15) is 30.9 Å². The number of aryl methyl sites for hydroxylation is 1. The molecule has 0 fully saturated rings. The molecule has 1 aromatic carbocycles. The molecule has 2 nitrogen and oxygen atoms in total. The Morgan fingerprint density at radius 1 is 1.05 bits per heavy atom. The highest BCUT2D eigenvalue weighted by atomic mass is 15.0. The molecule has 0 unspecified atom stereocenters. The zero-order chi connectivity index (χ0) is 13.4. The minimum Gasteiger partial charge on any atom is -0.306 e. The van der Waals surface area contributed by atoms with Crippen molar-refractivity contribution in [2.24, 2.45) is 0 Å². The molecule has 2 heterocycles. The zero-order valence-electron chi connectivity index (χ0n) is 11.6. The maximum Gasteiger partial charge on any atom is 0.137 e. The fraction of sp³-hybridized carbons (Fsp3) is 0.235. The maximum atomic E-state index is 4.68. The molecule has 96 valence electrons. The second-order valence-electron chi connectivity index (χ2n) is 5.37. The van der Waals surface area contributed by atoms with Gasteiger partial charge in [-0.2, -0.15) is 0 Å². The van der Waals surface area contributed by atoms with Crippen LogP contribution in [0.4, 0.5) is 0 Å². The van der Waals surface area contributed by atoms with Gasteiger partial charge in [-0.3, -0.25) is 0 Å². The lowest BCUT2D eigenvalue weighted by Gasteiger charge is -2.05. The Morgan fingerprint density at radius 3 is 2.47 bits per heavy atom. The molecular formula is C17H18N2. The first-order chi connectivity index (χ1) is 9.13. The molecule has 0 saturated heterocycles. The number of imidazole rings is 1. The van der Waals surface area contributed by atoms with Crippen LogP contribution in [-0.2, 0) is 0 Å². The van der Waals surface area contributed by atoms with Crippen molar-refractivity contribution in [2.45, 2.75) is 26.7 Å². The van der Waals surface area contributed by atoms with E-state index in [2.05, 4.69) is 78.9 Å². The van der Waals surface area contributed by atoms with Gasteiger partial charge in [0, 0.05) is 18.0 Å². The van der Waals surface area contributed by atoms with Crippen LogP contribution in [0.3, 0.4) is 0 Å². The maximum absolute atomic E-state index is 4.68. The van der Waals surface area contributed by atoms with Gasteiger partial charge in [0.25, 0.3) is 0 Å². The van der Waals surface area contributed by atoms with E-state index >= 15 is 0 Å². The Morgan fingerprint density at radius 2 is 1.79 bits per heavy atom. The van der Waals surface area contributed by atoms with E-state index in [1.165, 1.54) is 16.7 Å². The van der Waals surface area contributed by atoms with Crippen molar-refractivity contribution in [3.63, 3.8) is 0 Å². The van der Waals surface area contributed by atoms with E-state index in [1.807, 2.05) is 0 Å². The molecule has 0 bridgehead atoms. The van der Waals surface area contributed by atoms with Crippen molar-refractivity contribution < 1.29 is 0 Å². The second-order valence-corrected chi connectivity index (χ2v) is 5.37. The molecule has 2 heteroatoms. The number of rotatable bonds is 2. The summed E-state index contributed by atoms with van der Waals surface area (Å²) in [7, 11) is 0. The van der Waals surface area contributed by atoms with Gasteiger partial charge in [0.15, 0.2) is 0 Å². The molecule has 0 aliphatic rings. The number of fused-ring (bicyclic) bond motifs is 1. The fourth-order valence-electron chi connectivity index (χ4n) is 2.26. The molecule has 0 aliphatic carbocycles. The smallest absolute Gasteiger partial charge is 0.137 e. The average molecular weight is 250 g/mol. The monoisotopic (exact) mass is 250 g/mol. The van der Waals surface area contributed by atoms with Gasteiger partial charge in [0.05, 0.1) is 5.69 Å². The third kappa shape index (κ3) is 2.26. The van der Waals surface area contributed by atoms with Crippen LogP contribution in [0.15, 0.2) is 48.8 Å². The Balaban J connectivity index is 2.03. The van der Waals surface area contributed by atoms with Gasteiger partial charge in [0.1, 0.15) is 5.65 Å². The summed E-state index contributed by atoms with van der Waals surface area (Å²) in [6.45, 7) is 6.51. The quantitative estimate of drug-likeness (QED) is 0.657. The summed E-state index contributed by atoms with van der Waals surface area (Å²) < 4.78 is 2.07. The van der Waals surface area contributed by atoms with Crippen LogP contribution >= 0.6 is 0 Å². The molecule has 19 heavy (non-hydrogen) atoms. The first-order valence-electron chi connectivity index (χ1n) is 6.69. The number of benzene rings is 1. The predicted octanol–water partition coefficient (Wildman–Crippen LogP) is 4.43. The van der Waals surface area contributed by atoms with Crippen LogP contribution in [0, 0.1) is 6.92 Å². The van der Waals surface area contributed by atoms with E-state index in [0.717, 1.165) is 11.3 Å². The normalized spacial score (nSPS) is 11.4. The highest BCUT2D eigenvalue weighted by molar-refractivity contribution is 5.63. The molecule has 3 aromatic rings. The third-order valence-electron chi connectivity index (χ3n) is 3.49. The number of aromatic nitrogens is 2. The summed E-state index contributed by atoms with van der Waals surface area (Å²) in [5, 5.41) is 0. The van der Waals surface area contributed by atoms with E-state index in [4.69, 9.17) is 0 Å². The van der Waals surface area contributed by atoms with Crippen LogP contribution in [0.25, 0.3) is 16.9 Å². The Kier molecular flexibility index (Phi) is 2.86. The van der Waals surface area contributed by atoms with Gasteiger partial charge in [-0.1, -0.05) is 38.1 Å². The molecule has 2 aromatic heterocycles. The summed E-state index contributed by atoms with van der Waals surface area (Å²) in [6, 6.07) is 12.9. The number of hydrogen-bond donors (Lipinski definition) is 0. The van der Waals surface area contributed by atoms with Gasteiger partial charge in [-0.15, -0.1) is 0 Å². The fourth-order valence-corrected chi connectivity index (χ4v) is 2.26. The summed E-state index contributed by atoms with van der Waals surface area (Å²) in [4.78, 5) is 4.68. The first kappa shape index (κ1) is 12.0. The summed E-state index contributed by atoms with van der Waals surface area (Å²) in [5.41, 5.74) is 5.80. The highest BCUT2D eigenvalue weighted by Gasteiger charge is 2.05. The predicted molar refractivity (Wildman–Crippen MR) is 79.5 cm³/mol. The lowest BCUT2D eigenvalue weighted by Crippen LogP contribution is -1.86. The van der Waals surface area contributed by atoms with Gasteiger partial charge in [-0.05, 0) is 36.1 Å². The van der Waals surface area contributed by atoms with E-state index in [0.29, 0.717) is 5.92 Å². The van der Waals surface area contributed by atoms with Crippen molar-refractivity contribution in [1.82, 2.24) is 9.38 Å². The van der Waals surface area contributed by atoms with Crippen molar-refractivity contribution >= 4 is 5.65 Å². The highest BCUT2D eigenvalue weighted by Crippen LogP contribution is 2.22. The molecule has 0 aliphatic heterocycles. The molecule has 3 rings (SSSR count). The number of nitrogens with zero attached hydrogens (tertiary/aromatic N) is 2. The topological polar surface area (TPSA) is 17.3 Å². The largest absolute Gasteiger partial charge is 0.306 e. The Bertz CT molecular complexity index is 706. The second kappa shape index (κ2) is 4.54. The molecule has 0 saturated carbocycles. The lowest BCUT2D eigenvalue weighted by molar-refractivity contribution is 0.867. The minimum atomic E-state index is 0.567. The number of hydrogen-bond acceptors (Lipinski definition) is 1. The van der Waals surface area contributed by atoms with Gasteiger partial charge in [0.2, 0.25) is 0 Å². The van der Waals surface area contributed by atoms with Gasteiger partial charge in [-0.25, -0.2) is 4.98 Å². The summed E-state index contributed by atoms with van der Waals surface area (Å²) >= 11 is 0. The summed E-state index contributed by atoms with van der Waals surface area (Å²) in [5.74, 6) is 0.567. The van der Waals surface area contributed by atoms with Crippen LogP contribution in [-0.4, -0.2) is 9.38 Å². The third-order valence-corrected chi connectivity index (χ3v) is 3.49. The molecular weight excluding hydrogens is 232 g/mol. The van der Waals surface area contributed by atoms with Crippen molar-refractivity contribution in [3.8, 4) is 11.3 Å². The average Bonchev–Trinajstić information content (AvgIpc) is 2.81. The van der Waals surface area contributed by atoms with Crippen molar-refractivity contribution in [3.05, 3.63) is 59.9 Å². The Labute approximate surface area is 113 Å². The zero-order valence-corrected chi connectivity index (χ0v) is 11.6. The molecule has 0 amide bonds. The van der Waals surface area contributed by atoms with Crippen LogP contribution in [0.5, 0.6) is 0 Å².